The number of nitrogens with one attached hydrogen (secondary N) is 3. The van der Waals surface area contributed by atoms with Crippen LogP contribution in [0.25, 0.3) is 11.3 Å². The smallest absolute Gasteiger partial charge is 0.229 e. The van der Waals surface area contributed by atoms with Crippen LogP contribution in [0.2, 0.25) is 0 Å². The maximum absolute atomic E-state index is 14.3. The van der Waals surface area contributed by atoms with E-state index < -0.39 is 15.8 Å². The van der Waals surface area contributed by atoms with Crippen LogP contribution in [0, 0.1) is 12.7 Å². The number of para-hydroxylation sites is 2. The maximum Gasteiger partial charge on any atom is 0.229 e. The Morgan fingerprint density at radius 3 is 2.34 bits per heavy atom. The van der Waals surface area contributed by atoms with E-state index in [1.54, 1.807) is 35.6 Å². The van der Waals surface area contributed by atoms with Gasteiger partial charge in [-0.15, -0.1) is 11.3 Å². The van der Waals surface area contributed by atoms with Crippen molar-refractivity contribution in [1.82, 2.24) is 15.0 Å². The molecule has 0 unspecified atom stereocenters. The van der Waals surface area contributed by atoms with Crippen molar-refractivity contribution >= 4 is 50.2 Å². The van der Waals surface area contributed by atoms with E-state index in [1.807, 2.05) is 36.6 Å². The Morgan fingerprint density at radius 1 is 0.969 bits per heavy atom. The van der Waals surface area contributed by atoms with Gasteiger partial charge in [-0.05, 0) is 31.2 Å². The minimum absolute atomic E-state index is 0.0974. The summed E-state index contributed by atoms with van der Waals surface area (Å²) in [6, 6.07) is 14.1. The van der Waals surface area contributed by atoms with Gasteiger partial charge in [-0.2, -0.15) is 4.98 Å². The normalized spacial score (nSPS) is 11.2. The van der Waals surface area contributed by atoms with Crippen molar-refractivity contribution < 1.29 is 12.8 Å². The van der Waals surface area contributed by atoms with E-state index in [9.17, 15) is 12.8 Å². The molecule has 4 rings (SSSR count). The Bertz CT molecular complexity index is 1360. The Hall–Kier alpha value is -3.57. The van der Waals surface area contributed by atoms with Gasteiger partial charge < -0.3 is 10.6 Å². The van der Waals surface area contributed by atoms with Gasteiger partial charge in [-0.3, -0.25) is 4.72 Å². The second kappa shape index (κ2) is 8.89. The molecule has 32 heavy (non-hydrogen) atoms. The molecule has 2 aromatic carbocycles. The molecule has 0 fully saturated rings. The molecule has 4 aromatic rings. The highest BCUT2D eigenvalue weighted by Crippen LogP contribution is 2.28. The number of thiazole rings is 1. The second-order valence-electron chi connectivity index (χ2n) is 6.89. The molecular formula is C21H19FN6O2S2. The predicted octanol–water partition coefficient (Wildman–Crippen LogP) is 4.91. The van der Waals surface area contributed by atoms with Crippen LogP contribution >= 0.6 is 11.3 Å². The fourth-order valence-electron chi connectivity index (χ4n) is 2.87. The fraction of sp³-hybridized carbons (Fsp3) is 0.0952. The Morgan fingerprint density at radius 2 is 1.69 bits per heavy atom. The number of hydrogen-bond donors (Lipinski definition) is 3. The van der Waals surface area contributed by atoms with Crippen LogP contribution in [0.15, 0.2) is 60.1 Å². The first-order valence-electron chi connectivity index (χ1n) is 9.43. The first-order valence-corrected chi connectivity index (χ1v) is 12.2. The molecule has 0 aliphatic rings. The van der Waals surface area contributed by atoms with Crippen molar-refractivity contribution in [3.05, 3.63) is 70.9 Å². The number of benzene rings is 2. The van der Waals surface area contributed by atoms with Gasteiger partial charge in [0, 0.05) is 16.6 Å². The van der Waals surface area contributed by atoms with Crippen LogP contribution in [0.3, 0.4) is 0 Å². The Labute approximate surface area is 188 Å². The lowest BCUT2D eigenvalue weighted by atomic mass is 10.1. The van der Waals surface area contributed by atoms with Crippen LogP contribution < -0.4 is 15.4 Å². The molecule has 0 bridgehead atoms. The molecule has 164 valence electrons. The lowest BCUT2D eigenvalue weighted by molar-refractivity contribution is 0.607. The summed E-state index contributed by atoms with van der Waals surface area (Å²) in [4.78, 5) is 12.6. The van der Waals surface area contributed by atoms with Crippen molar-refractivity contribution in [3.8, 4) is 11.3 Å². The van der Waals surface area contributed by atoms with Crippen LogP contribution in [-0.2, 0) is 10.0 Å². The van der Waals surface area contributed by atoms with E-state index in [0.717, 1.165) is 34.4 Å². The van der Waals surface area contributed by atoms with E-state index >= 15 is 0 Å². The van der Waals surface area contributed by atoms with Gasteiger partial charge in [-0.25, -0.2) is 22.8 Å². The van der Waals surface area contributed by atoms with Crippen molar-refractivity contribution in [2.75, 3.05) is 21.6 Å². The molecule has 2 heterocycles. The van der Waals surface area contributed by atoms with Crippen molar-refractivity contribution in [2.24, 2.45) is 0 Å². The number of aryl methyl sites for hydroxylation is 1. The standard InChI is InChI=1S/C21H19FN6O2S2/c1-13-24-19(12-31-13)14-7-9-15(10-8-14)25-21-23-11-16(22)20(27-21)26-17-5-3-4-6-18(17)28-32(2,29)30/h3-12,28H,1-2H3,(H2,23,25,26,27). The van der Waals surface area contributed by atoms with Crippen molar-refractivity contribution in [1.29, 1.82) is 0 Å². The highest BCUT2D eigenvalue weighted by molar-refractivity contribution is 7.92. The molecule has 8 nitrogen and oxygen atoms in total. The van der Waals surface area contributed by atoms with Gasteiger partial charge in [0.1, 0.15) is 0 Å². The molecule has 11 heteroatoms. The van der Waals surface area contributed by atoms with E-state index in [4.69, 9.17) is 0 Å². The monoisotopic (exact) mass is 470 g/mol. The molecule has 0 aliphatic heterocycles. The topological polar surface area (TPSA) is 109 Å². The zero-order valence-corrected chi connectivity index (χ0v) is 18.8. The van der Waals surface area contributed by atoms with E-state index in [0.29, 0.717) is 5.69 Å². The molecule has 0 saturated carbocycles. The number of halogens is 1. The molecule has 0 radical (unpaired) electrons. The predicted molar refractivity (Wildman–Crippen MR) is 126 cm³/mol. The van der Waals surface area contributed by atoms with Gasteiger partial charge in [0.15, 0.2) is 11.6 Å². The average Bonchev–Trinajstić information content (AvgIpc) is 3.18. The first kappa shape index (κ1) is 21.7. The first-order chi connectivity index (χ1) is 15.3. The lowest BCUT2D eigenvalue weighted by Crippen LogP contribution is -2.11. The highest BCUT2D eigenvalue weighted by atomic mass is 32.2. The summed E-state index contributed by atoms with van der Waals surface area (Å²) in [7, 11) is -3.51. The third kappa shape index (κ3) is 5.37. The number of sulfonamides is 1. The van der Waals surface area contributed by atoms with E-state index in [-0.39, 0.29) is 17.5 Å². The molecule has 0 spiro atoms. The van der Waals surface area contributed by atoms with Crippen LogP contribution in [0.5, 0.6) is 0 Å². The fourth-order valence-corrected chi connectivity index (χ4v) is 4.07. The zero-order chi connectivity index (χ0) is 22.7. The minimum Gasteiger partial charge on any atom is -0.336 e. The number of anilines is 5. The van der Waals surface area contributed by atoms with Crippen molar-refractivity contribution in [3.63, 3.8) is 0 Å². The third-order valence-corrected chi connectivity index (χ3v) is 5.64. The molecule has 3 N–H and O–H groups in total. The van der Waals surface area contributed by atoms with Gasteiger partial charge in [0.25, 0.3) is 0 Å². The van der Waals surface area contributed by atoms with Crippen LogP contribution in [-0.4, -0.2) is 29.6 Å². The Kier molecular flexibility index (Phi) is 6.01. The Balaban J connectivity index is 1.54. The van der Waals surface area contributed by atoms with Gasteiger partial charge in [0.05, 0.1) is 34.5 Å². The van der Waals surface area contributed by atoms with E-state index in [1.165, 1.54) is 0 Å². The summed E-state index contributed by atoms with van der Waals surface area (Å²) in [6.45, 7) is 1.96. The maximum atomic E-state index is 14.3. The summed E-state index contributed by atoms with van der Waals surface area (Å²) in [6.07, 6.45) is 2.08. The molecule has 0 atom stereocenters. The quantitative estimate of drug-likeness (QED) is 0.352. The zero-order valence-electron chi connectivity index (χ0n) is 17.1. The summed E-state index contributed by atoms with van der Waals surface area (Å²) in [5, 5.41) is 8.85. The molecule has 0 aliphatic carbocycles. The minimum atomic E-state index is -3.51. The number of rotatable bonds is 7. The number of aromatic nitrogens is 3. The molecular weight excluding hydrogens is 451 g/mol. The summed E-state index contributed by atoms with van der Waals surface area (Å²) in [5.74, 6) is -0.599. The van der Waals surface area contributed by atoms with Gasteiger partial charge >= 0.3 is 0 Å². The highest BCUT2D eigenvalue weighted by Gasteiger charge is 2.12. The van der Waals surface area contributed by atoms with Crippen LogP contribution in [0.1, 0.15) is 5.01 Å². The number of nitrogens with zero attached hydrogens (tertiary/aromatic N) is 3. The number of hydrogen-bond acceptors (Lipinski definition) is 8. The molecule has 0 saturated heterocycles. The lowest BCUT2D eigenvalue weighted by Gasteiger charge is -2.13. The van der Waals surface area contributed by atoms with Crippen LogP contribution in [0.4, 0.5) is 33.2 Å². The van der Waals surface area contributed by atoms with Crippen molar-refractivity contribution in [2.45, 2.75) is 6.92 Å². The average molecular weight is 471 g/mol. The SMILES string of the molecule is Cc1nc(-c2ccc(Nc3ncc(F)c(Nc4ccccc4NS(C)(=O)=O)n3)cc2)cs1. The summed E-state index contributed by atoms with van der Waals surface area (Å²) >= 11 is 1.59. The molecule has 0 amide bonds. The summed E-state index contributed by atoms with van der Waals surface area (Å²) in [5.41, 5.74) is 3.24. The molecule has 2 aromatic heterocycles. The van der Waals surface area contributed by atoms with Gasteiger partial charge in [-0.1, -0.05) is 24.3 Å². The summed E-state index contributed by atoms with van der Waals surface area (Å²) < 4.78 is 39.9. The van der Waals surface area contributed by atoms with E-state index in [2.05, 4.69) is 30.3 Å². The second-order valence-corrected chi connectivity index (χ2v) is 9.70. The van der Waals surface area contributed by atoms with Gasteiger partial charge in [0.2, 0.25) is 16.0 Å². The largest absolute Gasteiger partial charge is 0.336 e. The third-order valence-electron chi connectivity index (χ3n) is 4.28.